The van der Waals surface area contributed by atoms with Gasteiger partial charge in [-0.1, -0.05) is 11.6 Å². The van der Waals surface area contributed by atoms with Gasteiger partial charge >= 0.3 is 5.97 Å². The van der Waals surface area contributed by atoms with E-state index in [1.54, 1.807) is 18.2 Å². The highest BCUT2D eigenvalue weighted by Gasteiger charge is 2.10. The van der Waals surface area contributed by atoms with Gasteiger partial charge in [-0.3, -0.25) is 0 Å². The molecule has 2 rings (SSSR count). The fourth-order valence-corrected chi connectivity index (χ4v) is 1.87. The molecular formula is C14H16ClN5O2. The molecule has 0 amide bonds. The van der Waals surface area contributed by atoms with Crippen LogP contribution in [-0.2, 0) is 4.74 Å². The minimum Gasteiger partial charge on any atom is -0.465 e. The Balaban J connectivity index is 2.25. The van der Waals surface area contributed by atoms with E-state index in [1.807, 2.05) is 13.8 Å². The molecule has 1 heterocycles. The molecule has 1 aromatic carbocycles. The van der Waals surface area contributed by atoms with Gasteiger partial charge in [0.15, 0.2) is 5.82 Å². The Morgan fingerprint density at radius 1 is 1.36 bits per heavy atom. The van der Waals surface area contributed by atoms with Crippen LogP contribution in [0.15, 0.2) is 24.4 Å². The number of halogens is 1. The summed E-state index contributed by atoms with van der Waals surface area (Å²) >= 11 is 6.11. The molecule has 116 valence electrons. The van der Waals surface area contributed by atoms with Gasteiger partial charge in [0, 0.05) is 6.04 Å². The van der Waals surface area contributed by atoms with Gasteiger partial charge in [-0.2, -0.15) is 10.1 Å². The average molecular weight is 322 g/mol. The van der Waals surface area contributed by atoms with Crippen molar-refractivity contribution in [1.29, 1.82) is 0 Å². The van der Waals surface area contributed by atoms with Gasteiger partial charge in [-0.05, 0) is 32.0 Å². The SMILES string of the molecule is COC(=O)c1ccc(Cl)c(Nc2nncc(NC(C)C)n2)c1. The van der Waals surface area contributed by atoms with Crippen LogP contribution in [0.1, 0.15) is 24.2 Å². The number of nitrogens with zero attached hydrogens (tertiary/aromatic N) is 3. The van der Waals surface area contributed by atoms with Gasteiger partial charge < -0.3 is 15.4 Å². The fourth-order valence-electron chi connectivity index (χ4n) is 1.71. The van der Waals surface area contributed by atoms with Gasteiger partial charge in [-0.15, -0.1) is 5.10 Å². The number of ether oxygens (including phenoxy) is 1. The van der Waals surface area contributed by atoms with E-state index in [9.17, 15) is 4.79 Å². The third-order valence-electron chi connectivity index (χ3n) is 2.63. The molecule has 8 heteroatoms. The maximum absolute atomic E-state index is 11.6. The van der Waals surface area contributed by atoms with Crippen molar-refractivity contribution in [3.63, 3.8) is 0 Å². The number of methoxy groups -OCH3 is 1. The Bertz CT molecular complexity index is 678. The molecule has 0 aliphatic rings. The highest BCUT2D eigenvalue weighted by atomic mass is 35.5. The van der Waals surface area contributed by atoms with Crippen LogP contribution in [0.2, 0.25) is 5.02 Å². The molecule has 1 aromatic heterocycles. The molecule has 0 radical (unpaired) electrons. The summed E-state index contributed by atoms with van der Waals surface area (Å²) in [6.45, 7) is 3.98. The number of aromatic nitrogens is 3. The van der Waals surface area contributed by atoms with Crippen LogP contribution >= 0.6 is 11.6 Å². The number of nitrogens with one attached hydrogen (secondary N) is 2. The predicted octanol–water partition coefficient (Wildman–Crippen LogP) is 2.88. The first-order valence-electron chi connectivity index (χ1n) is 6.60. The van der Waals surface area contributed by atoms with Crippen molar-refractivity contribution in [2.24, 2.45) is 0 Å². The van der Waals surface area contributed by atoms with Crippen molar-refractivity contribution in [3.8, 4) is 0 Å². The minimum atomic E-state index is -0.450. The maximum atomic E-state index is 11.6. The van der Waals surface area contributed by atoms with Crippen molar-refractivity contribution in [2.45, 2.75) is 19.9 Å². The standard InChI is InChI=1S/C14H16ClN5O2/c1-8(2)17-12-7-16-20-14(19-12)18-11-6-9(13(21)22-3)4-5-10(11)15/h4-8H,1-3H3,(H2,17,18,19,20). The molecule has 0 atom stereocenters. The summed E-state index contributed by atoms with van der Waals surface area (Å²) in [6.07, 6.45) is 1.53. The third-order valence-corrected chi connectivity index (χ3v) is 2.96. The molecule has 0 saturated heterocycles. The molecule has 22 heavy (non-hydrogen) atoms. The number of esters is 1. The molecule has 0 bridgehead atoms. The fraction of sp³-hybridized carbons (Fsp3) is 0.286. The molecule has 2 N–H and O–H groups in total. The number of carbonyl (C=O) groups is 1. The predicted molar refractivity (Wildman–Crippen MR) is 84.7 cm³/mol. The van der Waals surface area contributed by atoms with Crippen LogP contribution in [0.3, 0.4) is 0 Å². The van der Waals surface area contributed by atoms with Gasteiger partial charge in [0.2, 0.25) is 5.95 Å². The topological polar surface area (TPSA) is 89.0 Å². The van der Waals surface area contributed by atoms with Gasteiger partial charge in [0.25, 0.3) is 0 Å². The lowest BCUT2D eigenvalue weighted by Crippen LogP contribution is -2.12. The Hall–Kier alpha value is -2.41. The van der Waals surface area contributed by atoms with Gasteiger partial charge in [0.1, 0.15) is 0 Å². The summed E-state index contributed by atoms with van der Waals surface area (Å²) in [7, 11) is 1.32. The summed E-state index contributed by atoms with van der Waals surface area (Å²) < 4.78 is 4.68. The number of hydrogen-bond acceptors (Lipinski definition) is 7. The third kappa shape index (κ3) is 4.05. The molecular weight excluding hydrogens is 306 g/mol. The second-order valence-corrected chi connectivity index (χ2v) is 5.18. The molecule has 0 spiro atoms. The van der Waals surface area contributed by atoms with Crippen LogP contribution in [0.5, 0.6) is 0 Å². The van der Waals surface area contributed by atoms with Crippen molar-refractivity contribution in [3.05, 3.63) is 35.0 Å². The number of rotatable bonds is 5. The van der Waals surface area contributed by atoms with E-state index in [4.69, 9.17) is 11.6 Å². The first-order valence-corrected chi connectivity index (χ1v) is 6.98. The molecule has 0 unspecified atom stereocenters. The second kappa shape index (κ2) is 7.04. The van der Waals surface area contributed by atoms with Crippen LogP contribution in [0.25, 0.3) is 0 Å². The van der Waals surface area contributed by atoms with Crippen molar-refractivity contribution in [2.75, 3.05) is 17.7 Å². The molecule has 0 aliphatic carbocycles. The smallest absolute Gasteiger partial charge is 0.337 e. The largest absolute Gasteiger partial charge is 0.465 e. The molecule has 0 aliphatic heterocycles. The average Bonchev–Trinajstić information content (AvgIpc) is 2.48. The first kappa shape index (κ1) is 16.0. The first-order chi connectivity index (χ1) is 10.5. The highest BCUT2D eigenvalue weighted by Crippen LogP contribution is 2.25. The van der Waals surface area contributed by atoms with Gasteiger partial charge in [0.05, 0.1) is 29.6 Å². The lowest BCUT2D eigenvalue weighted by Gasteiger charge is -2.11. The number of benzene rings is 1. The summed E-state index contributed by atoms with van der Waals surface area (Å²) in [5.41, 5.74) is 0.867. The van der Waals surface area contributed by atoms with Crippen LogP contribution in [-0.4, -0.2) is 34.3 Å². The number of anilines is 3. The molecule has 0 saturated carbocycles. The van der Waals surface area contributed by atoms with E-state index < -0.39 is 5.97 Å². The van der Waals surface area contributed by atoms with E-state index in [1.165, 1.54) is 13.3 Å². The summed E-state index contributed by atoms with van der Waals surface area (Å²) in [5, 5.41) is 14.2. The molecule has 7 nitrogen and oxygen atoms in total. The Morgan fingerprint density at radius 3 is 2.82 bits per heavy atom. The maximum Gasteiger partial charge on any atom is 0.337 e. The zero-order valence-electron chi connectivity index (χ0n) is 12.4. The van der Waals surface area contributed by atoms with Crippen molar-refractivity contribution < 1.29 is 9.53 Å². The van der Waals surface area contributed by atoms with E-state index in [2.05, 4.69) is 30.6 Å². The molecule has 0 fully saturated rings. The van der Waals surface area contributed by atoms with Crippen LogP contribution in [0.4, 0.5) is 17.5 Å². The number of hydrogen-bond donors (Lipinski definition) is 2. The van der Waals surface area contributed by atoms with Crippen molar-refractivity contribution >= 4 is 35.0 Å². The summed E-state index contributed by atoms with van der Waals surface area (Å²) in [6, 6.07) is 4.96. The van der Waals surface area contributed by atoms with Crippen LogP contribution in [0, 0.1) is 0 Å². The zero-order chi connectivity index (χ0) is 16.1. The van der Waals surface area contributed by atoms with E-state index >= 15 is 0 Å². The van der Waals surface area contributed by atoms with Gasteiger partial charge in [-0.25, -0.2) is 4.79 Å². The van der Waals surface area contributed by atoms with E-state index in [0.717, 1.165) is 0 Å². The number of carbonyl (C=O) groups excluding carboxylic acids is 1. The monoisotopic (exact) mass is 321 g/mol. The lowest BCUT2D eigenvalue weighted by molar-refractivity contribution is 0.0601. The highest BCUT2D eigenvalue weighted by molar-refractivity contribution is 6.33. The summed E-state index contributed by atoms with van der Waals surface area (Å²) in [5.74, 6) is 0.413. The normalized spacial score (nSPS) is 10.4. The van der Waals surface area contributed by atoms with Crippen LogP contribution < -0.4 is 10.6 Å². The summed E-state index contributed by atoms with van der Waals surface area (Å²) in [4.78, 5) is 15.8. The second-order valence-electron chi connectivity index (χ2n) is 4.78. The Kier molecular flexibility index (Phi) is 5.11. The van der Waals surface area contributed by atoms with Crippen molar-refractivity contribution in [1.82, 2.24) is 15.2 Å². The Labute approximate surface area is 133 Å². The molecule has 2 aromatic rings. The minimum absolute atomic E-state index is 0.218. The van der Waals surface area contributed by atoms with E-state index in [-0.39, 0.29) is 12.0 Å². The quantitative estimate of drug-likeness (QED) is 0.818. The Morgan fingerprint density at radius 2 is 2.14 bits per heavy atom. The zero-order valence-corrected chi connectivity index (χ0v) is 13.2. The lowest BCUT2D eigenvalue weighted by atomic mass is 10.2. The van der Waals surface area contributed by atoms with E-state index in [0.29, 0.717) is 22.1 Å².